The lowest BCUT2D eigenvalue weighted by molar-refractivity contribution is 1.19. The van der Waals surface area contributed by atoms with Gasteiger partial charge in [0, 0.05) is 7.62 Å². The summed E-state index contributed by atoms with van der Waals surface area (Å²) in [7, 11) is 0. The predicted molar refractivity (Wildman–Crippen MR) is 41.7 cm³/mol. The van der Waals surface area contributed by atoms with Crippen molar-refractivity contribution in [1.82, 2.24) is 9.38 Å². The van der Waals surface area contributed by atoms with Crippen molar-refractivity contribution in [3.63, 3.8) is 0 Å². The molecule has 10 heavy (non-hydrogen) atoms. The average Bonchev–Trinajstić information content (AvgIpc) is 2.27. The van der Waals surface area contributed by atoms with E-state index in [0.717, 1.165) is 5.65 Å². The molecule has 0 aliphatic heterocycles. The van der Waals surface area contributed by atoms with Crippen LogP contribution < -0.4 is 5.73 Å². The van der Waals surface area contributed by atoms with E-state index in [1.807, 2.05) is 28.8 Å². The van der Waals surface area contributed by atoms with E-state index in [1.165, 1.54) is 0 Å². The van der Waals surface area contributed by atoms with Crippen LogP contribution in [-0.2, 0) is 0 Å². The largest absolute Gasteiger partial charge is 0.382 e. The van der Waals surface area contributed by atoms with Gasteiger partial charge in [-0.05, 0) is 12.1 Å². The first kappa shape index (κ1) is 5.29. The molecule has 0 amide bonds. The van der Waals surface area contributed by atoms with Gasteiger partial charge in [-0.1, -0.05) is 6.07 Å². The predicted octanol–water partition coefficient (Wildman–Crippen LogP) is 1.16. The fourth-order valence-corrected chi connectivity index (χ4v) is 0.954. The Hall–Kier alpha value is -1.51. The standard InChI is InChI=1S/C7H7N3.H2/c8-6-5-10-4-2-1-3-7(10)9-6;/h1-5H,8H2;1H. The van der Waals surface area contributed by atoms with Crippen LogP contribution >= 0.6 is 0 Å². The van der Waals surface area contributed by atoms with Crippen LogP contribution in [0.25, 0.3) is 5.65 Å². The molecule has 0 aromatic carbocycles. The van der Waals surface area contributed by atoms with Gasteiger partial charge in [-0.15, -0.1) is 0 Å². The molecule has 0 saturated carbocycles. The van der Waals surface area contributed by atoms with Crippen LogP contribution in [0.1, 0.15) is 1.43 Å². The van der Waals surface area contributed by atoms with Crippen LogP contribution in [0.5, 0.6) is 0 Å². The van der Waals surface area contributed by atoms with Gasteiger partial charge in [0.2, 0.25) is 0 Å². The highest BCUT2D eigenvalue weighted by Crippen LogP contribution is 2.03. The van der Waals surface area contributed by atoms with E-state index in [2.05, 4.69) is 4.98 Å². The zero-order valence-electron chi connectivity index (χ0n) is 5.36. The molecule has 3 nitrogen and oxygen atoms in total. The Morgan fingerprint density at radius 2 is 2.40 bits per heavy atom. The topological polar surface area (TPSA) is 43.3 Å². The fraction of sp³-hybridized carbons (Fsp3) is 0. The van der Waals surface area contributed by atoms with Crippen LogP contribution in [0.15, 0.2) is 30.6 Å². The van der Waals surface area contributed by atoms with Gasteiger partial charge in [0.1, 0.15) is 11.5 Å². The number of nitrogens with two attached hydrogens (primary N) is 1. The minimum Gasteiger partial charge on any atom is -0.382 e. The van der Waals surface area contributed by atoms with Crippen molar-refractivity contribution in [2.75, 3.05) is 5.73 Å². The molecular weight excluding hydrogens is 126 g/mol. The second-order valence-electron chi connectivity index (χ2n) is 2.13. The summed E-state index contributed by atoms with van der Waals surface area (Å²) in [5.41, 5.74) is 6.35. The fourth-order valence-electron chi connectivity index (χ4n) is 0.954. The van der Waals surface area contributed by atoms with E-state index >= 15 is 0 Å². The van der Waals surface area contributed by atoms with Gasteiger partial charge in [0.05, 0.1) is 6.20 Å². The number of aromatic nitrogens is 2. The third kappa shape index (κ3) is 0.639. The maximum Gasteiger partial charge on any atom is 0.142 e. The Labute approximate surface area is 59.6 Å². The molecule has 0 unspecified atom stereocenters. The van der Waals surface area contributed by atoms with E-state index < -0.39 is 0 Å². The monoisotopic (exact) mass is 135 g/mol. The van der Waals surface area contributed by atoms with Crippen LogP contribution in [0.3, 0.4) is 0 Å². The van der Waals surface area contributed by atoms with Crippen molar-refractivity contribution in [3.05, 3.63) is 30.6 Å². The third-order valence-electron chi connectivity index (χ3n) is 1.38. The summed E-state index contributed by atoms with van der Waals surface area (Å²) in [6, 6.07) is 5.78. The molecule has 2 N–H and O–H groups in total. The highest BCUT2D eigenvalue weighted by molar-refractivity contribution is 5.45. The minimum atomic E-state index is 0. The number of imidazole rings is 1. The second kappa shape index (κ2) is 1.73. The number of pyridine rings is 1. The lowest BCUT2D eigenvalue weighted by atomic mass is 10.5. The molecule has 52 valence electrons. The second-order valence-corrected chi connectivity index (χ2v) is 2.13. The normalized spacial score (nSPS) is 10.4. The van der Waals surface area contributed by atoms with Gasteiger partial charge < -0.3 is 10.1 Å². The summed E-state index contributed by atoms with van der Waals surface area (Å²) in [5.74, 6) is 0.561. The molecule has 0 bridgehead atoms. The third-order valence-corrected chi connectivity index (χ3v) is 1.38. The van der Waals surface area contributed by atoms with Crippen LogP contribution in [0, 0.1) is 0 Å². The van der Waals surface area contributed by atoms with Gasteiger partial charge in [-0.3, -0.25) is 0 Å². The number of hydrogen-bond acceptors (Lipinski definition) is 2. The zero-order chi connectivity index (χ0) is 6.97. The number of nitrogens with zero attached hydrogens (tertiary/aromatic N) is 2. The van der Waals surface area contributed by atoms with E-state index in [1.54, 1.807) is 6.20 Å². The molecule has 2 aromatic rings. The number of anilines is 1. The van der Waals surface area contributed by atoms with Gasteiger partial charge in [-0.2, -0.15) is 0 Å². The molecule has 0 aliphatic carbocycles. The van der Waals surface area contributed by atoms with E-state index in [9.17, 15) is 0 Å². The highest BCUT2D eigenvalue weighted by atomic mass is 15.0. The van der Waals surface area contributed by atoms with Gasteiger partial charge in [-0.25, -0.2) is 4.98 Å². The molecule has 2 heterocycles. The van der Waals surface area contributed by atoms with Crippen molar-refractivity contribution in [2.45, 2.75) is 0 Å². The van der Waals surface area contributed by atoms with Gasteiger partial charge in [0.25, 0.3) is 0 Å². The van der Waals surface area contributed by atoms with Crippen LogP contribution in [-0.4, -0.2) is 9.38 Å². The molecule has 0 fully saturated rings. The quantitative estimate of drug-likeness (QED) is 0.589. The number of hydrogen-bond donors (Lipinski definition) is 1. The van der Waals surface area contributed by atoms with E-state index in [4.69, 9.17) is 5.73 Å². The Morgan fingerprint density at radius 1 is 1.50 bits per heavy atom. The lowest BCUT2D eigenvalue weighted by Crippen LogP contribution is -1.80. The van der Waals surface area contributed by atoms with E-state index in [-0.39, 0.29) is 1.43 Å². The summed E-state index contributed by atoms with van der Waals surface area (Å²) in [5, 5.41) is 0. The van der Waals surface area contributed by atoms with Crippen LogP contribution in [0.2, 0.25) is 0 Å². The van der Waals surface area contributed by atoms with Crippen LogP contribution in [0.4, 0.5) is 5.82 Å². The minimum absolute atomic E-state index is 0. The number of nitrogen functional groups attached to an aromatic ring is 1. The number of rotatable bonds is 0. The Kier molecular flexibility index (Phi) is 0.917. The Bertz CT molecular complexity index is 322. The average molecular weight is 135 g/mol. The SMILES string of the molecule is Nc1cn2ccccc2n1.[HH]. The maximum atomic E-state index is 5.46. The zero-order valence-corrected chi connectivity index (χ0v) is 5.36. The highest BCUT2D eigenvalue weighted by Gasteiger charge is 1.92. The first-order chi connectivity index (χ1) is 4.86. The van der Waals surface area contributed by atoms with Crippen molar-refractivity contribution < 1.29 is 1.43 Å². The lowest BCUT2D eigenvalue weighted by Gasteiger charge is -1.86. The molecule has 0 spiro atoms. The van der Waals surface area contributed by atoms with Crippen molar-refractivity contribution in [2.24, 2.45) is 0 Å². The first-order valence-corrected chi connectivity index (χ1v) is 3.05. The molecule has 0 aliphatic rings. The molecule has 0 saturated heterocycles. The Morgan fingerprint density at radius 3 is 3.20 bits per heavy atom. The summed E-state index contributed by atoms with van der Waals surface area (Å²) in [6.45, 7) is 0. The maximum absolute atomic E-state index is 5.46. The van der Waals surface area contributed by atoms with Gasteiger partial charge in [0.15, 0.2) is 0 Å². The molecule has 2 aromatic heterocycles. The molecule has 0 atom stereocenters. The molecule has 0 radical (unpaired) electrons. The molecule has 2 rings (SSSR count). The van der Waals surface area contributed by atoms with Crippen molar-refractivity contribution in [3.8, 4) is 0 Å². The molecular formula is C7H9N3. The number of fused-ring (bicyclic) bond motifs is 1. The first-order valence-electron chi connectivity index (χ1n) is 3.05. The Balaban J connectivity index is 0.000000605. The van der Waals surface area contributed by atoms with Crippen molar-refractivity contribution >= 4 is 11.5 Å². The summed E-state index contributed by atoms with van der Waals surface area (Å²) in [6.07, 6.45) is 3.70. The summed E-state index contributed by atoms with van der Waals surface area (Å²) < 4.78 is 1.88. The van der Waals surface area contributed by atoms with Gasteiger partial charge >= 0.3 is 0 Å². The van der Waals surface area contributed by atoms with Crippen molar-refractivity contribution in [1.29, 1.82) is 0 Å². The molecule has 3 heteroatoms. The smallest absolute Gasteiger partial charge is 0.142 e. The summed E-state index contributed by atoms with van der Waals surface area (Å²) >= 11 is 0. The summed E-state index contributed by atoms with van der Waals surface area (Å²) in [4.78, 5) is 4.05. The van der Waals surface area contributed by atoms with E-state index in [0.29, 0.717) is 5.82 Å².